The summed E-state index contributed by atoms with van der Waals surface area (Å²) < 4.78 is 12.5. The number of hydrogen-bond acceptors (Lipinski definition) is 2. The van der Waals surface area contributed by atoms with Crippen LogP contribution in [0.15, 0.2) is 12.3 Å². The molecule has 0 fully saturated rings. The van der Waals surface area contributed by atoms with E-state index in [-0.39, 0.29) is 10.7 Å². The number of hydrogen-bond donors (Lipinski definition) is 0. The van der Waals surface area contributed by atoms with E-state index in [1.54, 1.807) is 0 Å². The van der Waals surface area contributed by atoms with Crippen LogP contribution in [0.1, 0.15) is 5.56 Å². The summed E-state index contributed by atoms with van der Waals surface area (Å²) in [7, 11) is 0. The van der Waals surface area contributed by atoms with Crippen LogP contribution in [0.5, 0.6) is 0 Å². The van der Waals surface area contributed by atoms with Crippen molar-refractivity contribution in [1.82, 2.24) is 4.98 Å². The van der Waals surface area contributed by atoms with Gasteiger partial charge in [0.05, 0.1) is 11.8 Å². The van der Waals surface area contributed by atoms with Gasteiger partial charge in [-0.05, 0) is 12.0 Å². The lowest BCUT2D eigenvalue weighted by Crippen LogP contribution is -1.84. The van der Waals surface area contributed by atoms with E-state index in [2.05, 4.69) is 16.8 Å². The van der Waals surface area contributed by atoms with E-state index < -0.39 is 5.82 Å². The standard InChI is InChI=1S/C8H3ClFNO/c9-8-6(2-1-3-12)4-7(10)5-11-8/h3-5H. The van der Waals surface area contributed by atoms with Gasteiger partial charge in [-0.15, -0.1) is 0 Å². The molecule has 0 aliphatic rings. The molecule has 0 aromatic carbocycles. The Kier molecular flexibility index (Phi) is 2.78. The number of carbonyl (C=O) groups is 1. The van der Waals surface area contributed by atoms with Crippen LogP contribution in [-0.2, 0) is 4.79 Å². The van der Waals surface area contributed by atoms with Crippen LogP contribution in [0.2, 0.25) is 5.15 Å². The summed E-state index contributed by atoms with van der Waals surface area (Å²) in [6.45, 7) is 0. The molecule has 0 spiro atoms. The van der Waals surface area contributed by atoms with Gasteiger partial charge in [0.1, 0.15) is 11.0 Å². The van der Waals surface area contributed by atoms with Gasteiger partial charge in [0.2, 0.25) is 0 Å². The van der Waals surface area contributed by atoms with E-state index in [9.17, 15) is 9.18 Å². The molecular weight excluding hydrogens is 181 g/mol. The minimum absolute atomic E-state index is 0.0887. The molecule has 1 aromatic heterocycles. The molecule has 12 heavy (non-hydrogen) atoms. The third-order valence-corrected chi connectivity index (χ3v) is 1.37. The Bertz CT molecular complexity index is 367. The average Bonchev–Trinajstić information content (AvgIpc) is 2.07. The Balaban J connectivity index is 3.13. The highest BCUT2D eigenvalue weighted by molar-refractivity contribution is 6.30. The smallest absolute Gasteiger partial charge is 0.193 e. The zero-order chi connectivity index (χ0) is 8.97. The maximum Gasteiger partial charge on any atom is 0.193 e. The molecule has 1 aromatic rings. The first-order valence-electron chi connectivity index (χ1n) is 3.00. The maximum absolute atomic E-state index is 12.5. The Morgan fingerprint density at radius 2 is 2.42 bits per heavy atom. The molecule has 0 saturated carbocycles. The van der Waals surface area contributed by atoms with Crippen molar-refractivity contribution >= 4 is 17.9 Å². The largest absolute Gasteiger partial charge is 0.289 e. The van der Waals surface area contributed by atoms with Crippen molar-refractivity contribution in [2.45, 2.75) is 0 Å². The molecule has 60 valence electrons. The van der Waals surface area contributed by atoms with Crippen molar-refractivity contribution in [3.63, 3.8) is 0 Å². The highest BCUT2D eigenvalue weighted by Gasteiger charge is 1.99. The normalized spacial score (nSPS) is 8.50. The molecule has 0 unspecified atom stereocenters. The fraction of sp³-hybridized carbons (Fsp3) is 0. The molecule has 0 amide bonds. The van der Waals surface area contributed by atoms with E-state index in [4.69, 9.17) is 11.6 Å². The van der Waals surface area contributed by atoms with E-state index in [0.29, 0.717) is 6.29 Å². The molecule has 2 nitrogen and oxygen atoms in total. The van der Waals surface area contributed by atoms with Gasteiger partial charge in [-0.1, -0.05) is 17.5 Å². The van der Waals surface area contributed by atoms with E-state index in [0.717, 1.165) is 12.3 Å². The van der Waals surface area contributed by atoms with Crippen molar-refractivity contribution in [2.24, 2.45) is 0 Å². The number of aromatic nitrogens is 1. The third kappa shape index (κ3) is 2.04. The predicted octanol–water partition coefficient (Wildman–Crippen LogP) is 1.42. The van der Waals surface area contributed by atoms with Crippen LogP contribution in [0.25, 0.3) is 0 Å². The molecule has 1 heterocycles. The molecule has 0 aliphatic heterocycles. The zero-order valence-electron chi connectivity index (χ0n) is 5.84. The molecule has 0 aliphatic carbocycles. The Morgan fingerprint density at radius 1 is 1.67 bits per heavy atom. The summed E-state index contributed by atoms with van der Waals surface area (Å²) in [5, 5.41) is 0.0887. The first-order valence-corrected chi connectivity index (χ1v) is 3.38. The Labute approximate surface area is 73.4 Å². The fourth-order valence-electron chi connectivity index (χ4n) is 0.617. The summed E-state index contributed by atoms with van der Waals surface area (Å²) in [6, 6.07) is 1.12. The van der Waals surface area contributed by atoms with Crippen molar-refractivity contribution < 1.29 is 9.18 Å². The SMILES string of the molecule is O=CC#Cc1cc(F)cnc1Cl. The van der Waals surface area contributed by atoms with E-state index in [1.165, 1.54) is 0 Å². The molecular formula is C8H3ClFNO. The summed E-state index contributed by atoms with van der Waals surface area (Å²) in [6.07, 6.45) is 1.38. The minimum Gasteiger partial charge on any atom is -0.289 e. The fourth-order valence-corrected chi connectivity index (χ4v) is 0.768. The number of halogens is 2. The summed E-state index contributed by atoms with van der Waals surface area (Å²) in [5.74, 6) is 3.93. The van der Waals surface area contributed by atoms with E-state index >= 15 is 0 Å². The minimum atomic E-state index is -0.533. The predicted molar refractivity (Wildman–Crippen MR) is 42.1 cm³/mol. The molecule has 4 heteroatoms. The number of nitrogens with zero attached hydrogens (tertiary/aromatic N) is 1. The highest BCUT2D eigenvalue weighted by Crippen LogP contribution is 2.11. The van der Waals surface area contributed by atoms with Crippen LogP contribution in [0, 0.1) is 17.7 Å². The monoisotopic (exact) mass is 183 g/mol. The third-order valence-electron chi connectivity index (χ3n) is 1.07. The molecule has 1 rings (SSSR count). The lowest BCUT2D eigenvalue weighted by Gasteiger charge is -1.92. The molecule has 0 atom stereocenters. The molecule has 0 bridgehead atoms. The van der Waals surface area contributed by atoms with Gasteiger partial charge in [0, 0.05) is 0 Å². The summed E-state index contributed by atoms with van der Waals surface area (Å²) >= 11 is 5.54. The van der Waals surface area contributed by atoms with Gasteiger partial charge < -0.3 is 0 Å². The second-order valence-corrected chi connectivity index (χ2v) is 2.24. The van der Waals surface area contributed by atoms with Gasteiger partial charge in [0.15, 0.2) is 6.29 Å². The first kappa shape index (κ1) is 8.69. The van der Waals surface area contributed by atoms with Crippen LogP contribution >= 0.6 is 11.6 Å². The van der Waals surface area contributed by atoms with Crippen LogP contribution in [-0.4, -0.2) is 11.3 Å². The second kappa shape index (κ2) is 3.84. The van der Waals surface area contributed by atoms with Crippen LogP contribution < -0.4 is 0 Å². The van der Waals surface area contributed by atoms with Gasteiger partial charge in [-0.3, -0.25) is 4.79 Å². The summed E-state index contributed by atoms with van der Waals surface area (Å²) in [5.41, 5.74) is 0.212. The Hall–Kier alpha value is -1.40. The highest BCUT2D eigenvalue weighted by atomic mass is 35.5. The van der Waals surface area contributed by atoms with E-state index in [1.807, 2.05) is 0 Å². The topological polar surface area (TPSA) is 30.0 Å². The second-order valence-electron chi connectivity index (χ2n) is 1.88. The van der Waals surface area contributed by atoms with Gasteiger partial charge in [-0.2, -0.15) is 0 Å². The number of aldehydes is 1. The molecule has 0 radical (unpaired) electrons. The summed E-state index contributed by atoms with van der Waals surface area (Å²) in [4.78, 5) is 13.3. The molecule has 0 N–H and O–H groups in total. The maximum atomic E-state index is 12.5. The number of carbonyl (C=O) groups excluding carboxylic acids is 1. The first-order chi connectivity index (χ1) is 5.74. The average molecular weight is 184 g/mol. The van der Waals surface area contributed by atoms with Crippen LogP contribution in [0.3, 0.4) is 0 Å². The van der Waals surface area contributed by atoms with Crippen molar-refractivity contribution in [3.05, 3.63) is 28.8 Å². The van der Waals surface area contributed by atoms with Gasteiger partial charge in [0.25, 0.3) is 0 Å². The van der Waals surface area contributed by atoms with Gasteiger partial charge >= 0.3 is 0 Å². The zero-order valence-corrected chi connectivity index (χ0v) is 6.60. The lowest BCUT2D eigenvalue weighted by molar-refractivity contribution is -0.103. The Morgan fingerprint density at radius 3 is 3.08 bits per heavy atom. The quantitative estimate of drug-likeness (QED) is 0.346. The lowest BCUT2D eigenvalue weighted by atomic mass is 10.3. The van der Waals surface area contributed by atoms with Crippen molar-refractivity contribution in [2.75, 3.05) is 0 Å². The number of rotatable bonds is 0. The van der Waals surface area contributed by atoms with Crippen molar-refractivity contribution in [3.8, 4) is 11.8 Å². The van der Waals surface area contributed by atoms with Crippen LogP contribution in [0.4, 0.5) is 4.39 Å². The molecule has 0 saturated heterocycles. The van der Waals surface area contributed by atoms with Gasteiger partial charge in [-0.25, -0.2) is 9.37 Å². The van der Waals surface area contributed by atoms with Crippen molar-refractivity contribution in [1.29, 1.82) is 0 Å². The number of pyridine rings is 1.